The maximum absolute atomic E-state index is 12.5. The largest absolute Gasteiger partial charge is 0.455 e. The molecule has 0 spiro atoms. The smallest absolute Gasteiger partial charge is 0.311 e. The molecule has 1 aromatic carbocycles. The van der Waals surface area contributed by atoms with Gasteiger partial charge in [-0.2, -0.15) is 5.26 Å². The third-order valence-electron chi connectivity index (χ3n) is 6.20. The van der Waals surface area contributed by atoms with Crippen LogP contribution in [0.3, 0.4) is 0 Å². The first-order chi connectivity index (χ1) is 13.9. The molecule has 1 N–H and O–H groups in total. The van der Waals surface area contributed by atoms with E-state index in [0.29, 0.717) is 29.6 Å². The number of anilines is 1. The molecule has 1 aromatic rings. The van der Waals surface area contributed by atoms with Crippen LogP contribution in [0.15, 0.2) is 24.3 Å². The Balaban J connectivity index is 1.48. The van der Waals surface area contributed by atoms with Gasteiger partial charge in [-0.15, -0.1) is 0 Å². The molecule has 0 unspecified atom stereocenters. The Bertz CT molecular complexity index is 814. The van der Waals surface area contributed by atoms with Gasteiger partial charge in [-0.05, 0) is 42.5 Å². The molecule has 2 fully saturated rings. The van der Waals surface area contributed by atoms with E-state index in [1.54, 1.807) is 24.3 Å². The molecule has 2 amide bonds. The number of nitriles is 1. The number of esters is 1. The predicted octanol–water partition coefficient (Wildman–Crippen LogP) is 2.71. The molecule has 0 aromatic heterocycles. The molecule has 1 saturated heterocycles. The molecule has 0 radical (unpaired) electrons. The minimum atomic E-state index is -0.519. The van der Waals surface area contributed by atoms with E-state index in [2.05, 4.69) is 19.2 Å². The molecule has 1 heterocycles. The van der Waals surface area contributed by atoms with Crippen LogP contribution in [0.25, 0.3) is 0 Å². The van der Waals surface area contributed by atoms with Crippen molar-refractivity contribution >= 4 is 23.5 Å². The summed E-state index contributed by atoms with van der Waals surface area (Å²) in [6.45, 7) is 4.37. The van der Waals surface area contributed by atoms with E-state index in [9.17, 15) is 14.4 Å². The first-order valence-electron chi connectivity index (χ1n) is 10.1. The molecule has 154 valence electrons. The van der Waals surface area contributed by atoms with E-state index in [4.69, 9.17) is 10.00 Å². The molecule has 7 nitrogen and oxygen atoms in total. The minimum absolute atomic E-state index is 0.0000610. The third-order valence-corrected chi connectivity index (χ3v) is 6.20. The van der Waals surface area contributed by atoms with Gasteiger partial charge in [0.15, 0.2) is 6.61 Å². The van der Waals surface area contributed by atoms with E-state index >= 15 is 0 Å². The normalized spacial score (nSPS) is 26.7. The molecule has 7 heteroatoms. The first kappa shape index (κ1) is 20.8. The van der Waals surface area contributed by atoms with E-state index in [0.717, 1.165) is 12.8 Å². The van der Waals surface area contributed by atoms with E-state index in [1.807, 2.05) is 11.0 Å². The summed E-state index contributed by atoms with van der Waals surface area (Å²) < 4.78 is 5.15. The summed E-state index contributed by atoms with van der Waals surface area (Å²) in [5.74, 6) is -0.500. The minimum Gasteiger partial charge on any atom is -0.455 e. The number of nitrogens with one attached hydrogen (secondary N) is 1. The van der Waals surface area contributed by atoms with Crippen LogP contribution in [-0.4, -0.2) is 41.9 Å². The maximum atomic E-state index is 12.5. The van der Waals surface area contributed by atoms with Gasteiger partial charge in [0.2, 0.25) is 5.91 Å². The quantitative estimate of drug-likeness (QED) is 0.770. The zero-order valence-electron chi connectivity index (χ0n) is 16.9. The van der Waals surface area contributed by atoms with Gasteiger partial charge in [-0.3, -0.25) is 14.4 Å². The van der Waals surface area contributed by atoms with Crippen molar-refractivity contribution in [1.29, 1.82) is 5.26 Å². The average Bonchev–Trinajstić information content (AvgIpc) is 3.10. The molecule has 29 heavy (non-hydrogen) atoms. The van der Waals surface area contributed by atoms with Crippen LogP contribution in [0.4, 0.5) is 5.69 Å². The fourth-order valence-electron chi connectivity index (χ4n) is 4.28. The predicted molar refractivity (Wildman–Crippen MR) is 107 cm³/mol. The summed E-state index contributed by atoms with van der Waals surface area (Å²) in [5.41, 5.74) is 1.01. The summed E-state index contributed by atoms with van der Waals surface area (Å²) in [6, 6.07) is 8.59. The van der Waals surface area contributed by atoms with Crippen molar-refractivity contribution in [2.75, 3.05) is 18.5 Å². The van der Waals surface area contributed by atoms with Gasteiger partial charge in [0.1, 0.15) is 0 Å². The molecular weight excluding hydrogens is 370 g/mol. The number of nitrogens with zero attached hydrogens (tertiary/aromatic N) is 2. The Morgan fingerprint density at radius 2 is 1.97 bits per heavy atom. The first-order valence-corrected chi connectivity index (χ1v) is 10.1. The van der Waals surface area contributed by atoms with Gasteiger partial charge >= 0.3 is 5.97 Å². The highest BCUT2D eigenvalue weighted by atomic mass is 16.5. The lowest BCUT2D eigenvalue weighted by Gasteiger charge is -2.39. The van der Waals surface area contributed by atoms with Gasteiger partial charge in [-0.25, -0.2) is 0 Å². The zero-order chi connectivity index (χ0) is 21.0. The highest BCUT2D eigenvalue weighted by Gasteiger charge is 2.42. The summed E-state index contributed by atoms with van der Waals surface area (Å²) in [5, 5.41) is 11.4. The third kappa shape index (κ3) is 4.94. The van der Waals surface area contributed by atoms with Gasteiger partial charge in [-0.1, -0.05) is 26.7 Å². The number of ether oxygens (including phenoxy) is 1. The molecule has 3 rings (SSSR count). The second kappa shape index (κ2) is 9.08. The lowest BCUT2D eigenvalue weighted by molar-refractivity contribution is -0.151. The van der Waals surface area contributed by atoms with Gasteiger partial charge in [0.05, 0.1) is 17.6 Å². The molecule has 1 aliphatic carbocycles. The van der Waals surface area contributed by atoms with Crippen molar-refractivity contribution in [2.45, 2.75) is 45.6 Å². The fourth-order valence-corrected chi connectivity index (χ4v) is 4.28. The number of hydrogen-bond donors (Lipinski definition) is 1. The van der Waals surface area contributed by atoms with E-state index in [1.165, 1.54) is 6.42 Å². The number of rotatable bonds is 5. The highest BCUT2D eigenvalue weighted by Crippen LogP contribution is 2.35. The Kier molecular flexibility index (Phi) is 6.53. The van der Waals surface area contributed by atoms with Crippen molar-refractivity contribution in [2.24, 2.45) is 17.8 Å². The fraction of sp³-hybridized carbons (Fsp3) is 0.545. The van der Waals surface area contributed by atoms with Crippen molar-refractivity contribution in [3.05, 3.63) is 29.8 Å². The van der Waals surface area contributed by atoms with Crippen molar-refractivity contribution in [1.82, 2.24) is 4.90 Å². The Hall–Kier alpha value is -2.88. The Labute approximate surface area is 171 Å². The zero-order valence-corrected chi connectivity index (χ0v) is 16.9. The molecule has 2 aliphatic rings. The standard InChI is InChI=1S/C22H27N3O4/c1-14-4-3-5-19(15(14)2)25-12-17(10-21(25)27)22(28)29-13-20(26)24-18-8-6-16(11-23)7-9-18/h6-9,14-15,17,19H,3-5,10,12-13H2,1-2H3,(H,24,26)/t14-,15+,17+,19-/m0/s1. The molecule has 4 atom stereocenters. The monoisotopic (exact) mass is 397 g/mol. The number of likely N-dealkylation sites (tertiary alicyclic amines) is 1. The summed E-state index contributed by atoms with van der Waals surface area (Å²) in [7, 11) is 0. The van der Waals surface area contributed by atoms with Crippen LogP contribution in [0.2, 0.25) is 0 Å². The van der Waals surface area contributed by atoms with Crippen LogP contribution >= 0.6 is 0 Å². The summed E-state index contributed by atoms with van der Waals surface area (Å²) in [6.07, 6.45) is 3.41. The van der Waals surface area contributed by atoms with Crippen molar-refractivity contribution in [3.63, 3.8) is 0 Å². The number of benzene rings is 1. The van der Waals surface area contributed by atoms with Crippen LogP contribution in [-0.2, 0) is 19.1 Å². The summed E-state index contributed by atoms with van der Waals surface area (Å²) >= 11 is 0. The van der Waals surface area contributed by atoms with Gasteiger partial charge in [0, 0.05) is 24.7 Å². The number of amides is 2. The van der Waals surface area contributed by atoms with Crippen LogP contribution in [0.5, 0.6) is 0 Å². The average molecular weight is 397 g/mol. The van der Waals surface area contributed by atoms with Crippen LogP contribution in [0.1, 0.15) is 45.1 Å². The van der Waals surface area contributed by atoms with Crippen molar-refractivity contribution < 1.29 is 19.1 Å². The molecule has 0 bridgehead atoms. The van der Waals surface area contributed by atoms with E-state index < -0.39 is 24.4 Å². The number of hydrogen-bond acceptors (Lipinski definition) is 5. The molecule has 1 saturated carbocycles. The second-order valence-corrected chi connectivity index (χ2v) is 8.13. The Morgan fingerprint density at radius 3 is 2.66 bits per heavy atom. The molecular formula is C22H27N3O4. The molecule has 1 aliphatic heterocycles. The van der Waals surface area contributed by atoms with Crippen molar-refractivity contribution in [3.8, 4) is 6.07 Å². The lowest BCUT2D eigenvalue weighted by Crippen LogP contribution is -2.45. The number of carbonyl (C=O) groups is 3. The van der Waals surface area contributed by atoms with Crippen LogP contribution < -0.4 is 5.32 Å². The second-order valence-electron chi connectivity index (χ2n) is 8.13. The highest BCUT2D eigenvalue weighted by molar-refractivity contribution is 5.93. The lowest BCUT2D eigenvalue weighted by atomic mass is 9.77. The maximum Gasteiger partial charge on any atom is 0.311 e. The topological polar surface area (TPSA) is 99.5 Å². The van der Waals surface area contributed by atoms with E-state index in [-0.39, 0.29) is 18.4 Å². The SMILES string of the molecule is C[C@@H]1[C@@H](C)CCC[C@@H]1N1C[C@H](C(=O)OCC(=O)Nc2ccc(C#N)cc2)CC1=O. The Morgan fingerprint density at radius 1 is 1.24 bits per heavy atom. The number of carbonyl (C=O) groups excluding carboxylic acids is 3. The van der Waals surface area contributed by atoms with Gasteiger partial charge < -0.3 is 15.0 Å². The summed E-state index contributed by atoms with van der Waals surface area (Å²) in [4.78, 5) is 38.7. The van der Waals surface area contributed by atoms with Gasteiger partial charge in [0.25, 0.3) is 5.91 Å². The van der Waals surface area contributed by atoms with Crippen LogP contribution in [0, 0.1) is 29.1 Å².